The number of likely N-dealkylation sites (tertiary alicyclic amines) is 1. The fraction of sp³-hybridized carbons (Fsp3) is 0.440. The summed E-state index contributed by atoms with van der Waals surface area (Å²) in [6, 6.07) is 14.3. The smallest absolute Gasteiger partial charge is 0.303 e. The first-order valence-corrected chi connectivity index (χ1v) is 11.6. The number of benzene rings is 1. The summed E-state index contributed by atoms with van der Waals surface area (Å²) in [5.41, 5.74) is 3.93. The number of halogens is 1. The van der Waals surface area contributed by atoms with Gasteiger partial charge in [0.2, 0.25) is 0 Å². The average Bonchev–Trinajstić information content (AvgIpc) is 2.85. The summed E-state index contributed by atoms with van der Waals surface area (Å²) >= 11 is 0. The third-order valence-electron chi connectivity index (χ3n) is 5.82. The van der Waals surface area contributed by atoms with E-state index in [1.807, 2.05) is 6.07 Å². The number of pyridine rings is 1. The minimum absolute atomic E-state index is 0.304. The molecule has 2 N–H and O–H groups in total. The molecule has 2 aliphatic heterocycles. The largest absolute Gasteiger partial charge is 0.366 e. The van der Waals surface area contributed by atoms with E-state index in [0.29, 0.717) is 24.6 Å². The Kier molecular flexibility index (Phi) is 8.41. The zero-order valence-electron chi connectivity index (χ0n) is 18.7. The van der Waals surface area contributed by atoms with Gasteiger partial charge in [0.15, 0.2) is 12.1 Å². The van der Waals surface area contributed by atoms with E-state index < -0.39 is 18.0 Å². The maximum atomic E-state index is 14.2. The summed E-state index contributed by atoms with van der Waals surface area (Å²) in [6.07, 6.45) is 6.96. The van der Waals surface area contributed by atoms with Gasteiger partial charge in [-0.2, -0.15) is 0 Å². The van der Waals surface area contributed by atoms with Crippen molar-refractivity contribution in [2.75, 3.05) is 25.0 Å². The quantitative estimate of drug-likeness (QED) is 0.463. The number of ether oxygens (including phenoxy) is 1. The number of hydroxylamine groups is 1. The van der Waals surface area contributed by atoms with Crippen LogP contribution in [0.5, 0.6) is 0 Å². The van der Waals surface area contributed by atoms with E-state index in [0.717, 1.165) is 57.2 Å². The van der Waals surface area contributed by atoms with Gasteiger partial charge in [-0.25, -0.2) is 19.7 Å². The van der Waals surface area contributed by atoms with Gasteiger partial charge in [0, 0.05) is 38.4 Å². The van der Waals surface area contributed by atoms with E-state index >= 15 is 0 Å². The molecule has 8 heteroatoms. The number of piperidine rings is 1. The number of hydrogen-bond acceptors (Lipinski definition) is 6. The fourth-order valence-electron chi connectivity index (χ4n) is 4.13. The van der Waals surface area contributed by atoms with Crippen LogP contribution in [-0.2, 0) is 20.9 Å². The van der Waals surface area contributed by atoms with Crippen molar-refractivity contribution < 1.29 is 18.8 Å². The van der Waals surface area contributed by atoms with Crippen molar-refractivity contribution in [3.05, 3.63) is 65.6 Å². The molecule has 2 aliphatic rings. The van der Waals surface area contributed by atoms with Crippen LogP contribution in [0.2, 0.25) is 0 Å². The van der Waals surface area contributed by atoms with Crippen LogP contribution in [0.25, 0.3) is 6.08 Å². The Morgan fingerprint density at radius 2 is 2.06 bits per heavy atom. The summed E-state index contributed by atoms with van der Waals surface area (Å²) in [7, 11) is 0. The Labute approximate surface area is 193 Å². The highest BCUT2D eigenvalue weighted by atomic mass is 19.1. The van der Waals surface area contributed by atoms with Gasteiger partial charge < -0.3 is 10.1 Å². The molecule has 2 atom stereocenters. The summed E-state index contributed by atoms with van der Waals surface area (Å²) < 4.78 is 19.6. The maximum Gasteiger partial charge on any atom is 0.303 e. The Bertz CT molecular complexity index is 917. The molecule has 0 radical (unpaired) electrons. The molecule has 33 heavy (non-hydrogen) atoms. The van der Waals surface area contributed by atoms with Crippen molar-refractivity contribution in [3.63, 3.8) is 0 Å². The third-order valence-corrected chi connectivity index (χ3v) is 5.82. The molecule has 3 heterocycles. The van der Waals surface area contributed by atoms with Crippen LogP contribution in [0, 0.1) is 0 Å². The predicted molar refractivity (Wildman–Crippen MR) is 125 cm³/mol. The number of anilines is 1. The molecule has 1 aromatic carbocycles. The van der Waals surface area contributed by atoms with E-state index in [1.165, 1.54) is 5.56 Å². The van der Waals surface area contributed by atoms with Gasteiger partial charge in [-0.05, 0) is 61.6 Å². The lowest BCUT2D eigenvalue weighted by Gasteiger charge is -2.33. The first-order valence-electron chi connectivity index (χ1n) is 11.6. The minimum Gasteiger partial charge on any atom is -0.366 e. The van der Waals surface area contributed by atoms with Crippen LogP contribution in [-0.4, -0.2) is 47.8 Å². The number of rotatable bonds is 8. The molecule has 4 rings (SSSR count). The van der Waals surface area contributed by atoms with Crippen molar-refractivity contribution in [1.29, 1.82) is 0 Å². The highest BCUT2D eigenvalue weighted by Gasteiger charge is 2.20. The predicted octanol–water partition coefficient (Wildman–Crippen LogP) is 4.04. The average molecular weight is 455 g/mol. The molecule has 1 amide bonds. The molecule has 2 fully saturated rings. The molecule has 0 bridgehead atoms. The van der Waals surface area contributed by atoms with Crippen LogP contribution in [0.1, 0.15) is 43.2 Å². The summed E-state index contributed by atoms with van der Waals surface area (Å²) in [5.74, 6) is -1.15. The van der Waals surface area contributed by atoms with E-state index in [2.05, 4.69) is 44.9 Å². The van der Waals surface area contributed by atoms with Crippen LogP contribution in [0.4, 0.5) is 10.2 Å². The second-order valence-corrected chi connectivity index (χ2v) is 8.52. The van der Waals surface area contributed by atoms with Crippen molar-refractivity contribution in [3.8, 4) is 0 Å². The van der Waals surface area contributed by atoms with Crippen LogP contribution in [0.3, 0.4) is 0 Å². The van der Waals surface area contributed by atoms with Gasteiger partial charge in [-0.1, -0.05) is 30.3 Å². The van der Waals surface area contributed by atoms with Crippen molar-refractivity contribution in [1.82, 2.24) is 15.4 Å². The maximum absolute atomic E-state index is 14.2. The van der Waals surface area contributed by atoms with Crippen molar-refractivity contribution in [2.24, 2.45) is 0 Å². The lowest BCUT2D eigenvalue weighted by atomic mass is 10.0. The van der Waals surface area contributed by atoms with Crippen LogP contribution >= 0.6 is 0 Å². The Morgan fingerprint density at radius 1 is 1.18 bits per heavy atom. The second-order valence-electron chi connectivity index (χ2n) is 8.52. The molecular weight excluding hydrogens is 423 g/mol. The van der Waals surface area contributed by atoms with E-state index in [-0.39, 0.29) is 0 Å². The molecule has 2 aromatic rings. The number of nitrogens with one attached hydrogen (secondary N) is 2. The summed E-state index contributed by atoms with van der Waals surface area (Å²) in [5, 5.41) is 3.48. The van der Waals surface area contributed by atoms with Gasteiger partial charge in [0.1, 0.15) is 5.82 Å². The lowest BCUT2D eigenvalue weighted by molar-refractivity contribution is -0.199. The Hall–Kier alpha value is -2.81. The monoisotopic (exact) mass is 454 g/mol. The molecule has 7 nitrogen and oxygen atoms in total. The van der Waals surface area contributed by atoms with Crippen LogP contribution in [0.15, 0.2) is 54.5 Å². The Balaban J connectivity index is 1.25. The second kappa shape index (κ2) is 11.9. The highest BCUT2D eigenvalue weighted by molar-refractivity contribution is 5.94. The molecular formula is C25H31FN4O3. The van der Waals surface area contributed by atoms with Gasteiger partial charge >= 0.3 is 5.91 Å². The number of carbonyl (C=O) groups is 1. The van der Waals surface area contributed by atoms with E-state index in [1.54, 1.807) is 18.3 Å². The molecule has 2 saturated heterocycles. The topological polar surface area (TPSA) is 75.7 Å². The number of carbonyl (C=O) groups excluding carboxylic acids is 1. The number of nitrogens with zero attached hydrogens (tertiary/aromatic N) is 2. The highest BCUT2D eigenvalue weighted by Crippen LogP contribution is 2.18. The molecule has 1 aromatic heterocycles. The molecule has 0 saturated carbocycles. The van der Waals surface area contributed by atoms with Gasteiger partial charge in [0.25, 0.3) is 0 Å². The van der Waals surface area contributed by atoms with Crippen molar-refractivity contribution in [2.45, 2.75) is 51.0 Å². The number of hydrogen-bond donors (Lipinski definition) is 2. The molecule has 176 valence electrons. The van der Waals surface area contributed by atoms with Gasteiger partial charge in [-0.3, -0.25) is 9.69 Å². The SMILES string of the molecule is O=C(NOC1CCCCO1)/C(F)=C/c1ccc(N[C@@H]2CCCN(Cc3ccccc3)C2)nc1. The zero-order valence-corrected chi connectivity index (χ0v) is 18.7. The number of amides is 1. The van der Waals surface area contributed by atoms with Crippen molar-refractivity contribution >= 4 is 17.8 Å². The first-order chi connectivity index (χ1) is 16.2. The minimum atomic E-state index is -0.947. The fourth-order valence-corrected chi connectivity index (χ4v) is 4.13. The van der Waals surface area contributed by atoms with Gasteiger partial charge in [0.05, 0.1) is 0 Å². The zero-order chi connectivity index (χ0) is 22.9. The number of aromatic nitrogens is 1. The standard InChI is InChI=1S/C25H31FN4O3/c26-22(25(31)29-33-24-10-4-5-14-32-24)15-20-11-12-23(27-16-20)28-21-9-6-13-30(18-21)17-19-7-2-1-3-8-19/h1-3,7-8,11-12,15-16,21,24H,4-6,9-10,13-14,17-18H2,(H,27,28)(H,29,31)/b22-15-/t21-,24?/m1/s1. The molecule has 0 spiro atoms. The van der Waals surface area contributed by atoms with E-state index in [9.17, 15) is 9.18 Å². The normalized spacial score (nSPS) is 22.0. The molecule has 1 unspecified atom stereocenters. The van der Waals surface area contributed by atoms with Gasteiger partial charge in [-0.15, -0.1) is 0 Å². The van der Waals surface area contributed by atoms with Crippen LogP contribution < -0.4 is 10.8 Å². The van der Waals surface area contributed by atoms with E-state index in [4.69, 9.17) is 9.57 Å². The summed E-state index contributed by atoms with van der Waals surface area (Å²) in [6.45, 7) is 3.55. The molecule has 0 aliphatic carbocycles. The Morgan fingerprint density at radius 3 is 2.82 bits per heavy atom. The first kappa shape index (κ1) is 23.4. The lowest BCUT2D eigenvalue weighted by Crippen LogP contribution is -2.41. The third kappa shape index (κ3) is 7.35. The summed E-state index contributed by atoms with van der Waals surface area (Å²) in [4.78, 5) is 23.9.